The van der Waals surface area contributed by atoms with Crippen LogP contribution in [-0.4, -0.2) is 28.5 Å². The highest BCUT2D eigenvalue weighted by molar-refractivity contribution is 9.10. The molecule has 1 amide bonds. The second kappa shape index (κ2) is 5.16. The molecule has 0 aromatic heterocycles. The van der Waals surface area contributed by atoms with Crippen molar-refractivity contribution in [1.29, 1.82) is 0 Å². The Hall–Kier alpha value is -1.03. The number of benzene rings is 1. The first-order valence-electron chi connectivity index (χ1n) is 6.96. The lowest BCUT2D eigenvalue weighted by Gasteiger charge is -2.38. The van der Waals surface area contributed by atoms with Gasteiger partial charge < -0.3 is 10.0 Å². The van der Waals surface area contributed by atoms with Gasteiger partial charge in [-0.1, -0.05) is 22.4 Å². The highest BCUT2D eigenvalue weighted by Crippen LogP contribution is 2.38. The van der Waals surface area contributed by atoms with Gasteiger partial charge in [0.1, 0.15) is 5.75 Å². The lowest BCUT2D eigenvalue weighted by Crippen LogP contribution is -2.46. The van der Waals surface area contributed by atoms with E-state index in [9.17, 15) is 9.90 Å². The monoisotopic (exact) mass is 323 g/mol. The van der Waals surface area contributed by atoms with Crippen LogP contribution in [0.2, 0.25) is 0 Å². The van der Waals surface area contributed by atoms with Crippen molar-refractivity contribution in [3.63, 3.8) is 0 Å². The van der Waals surface area contributed by atoms with Gasteiger partial charge in [-0.2, -0.15) is 0 Å². The average molecular weight is 324 g/mol. The number of fused-ring (bicyclic) bond motifs is 1. The summed E-state index contributed by atoms with van der Waals surface area (Å²) in [7, 11) is 0. The maximum atomic E-state index is 12.6. The van der Waals surface area contributed by atoms with Crippen molar-refractivity contribution in [3.8, 4) is 5.75 Å². The molecule has 19 heavy (non-hydrogen) atoms. The molecule has 2 fully saturated rings. The molecule has 1 saturated heterocycles. The average Bonchev–Trinajstić information content (AvgIpc) is 2.86. The Kier molecular flexibility index (Phi) is 3.52. The Morgan fingerprint density at radius 3 is 2.84 bits per heavy atom. The predicted molar refractivity (Wildman–Crippen MR) is 77.2 cm³/mol. The van der Waals surface area contributed by atoms with Crippen LogP contribution in [0.5, 0.6) is 5.75 Å². The third-order valence-corrected chi connectivity index (χ3v) is 4.94. The smallest absolute Gasteiger partial charge is 0.257 e. The number of phenols is 1. The summed E-state index contributed by atoms with van der Waals surface area (Å²) < 4.78 is 0.791. The number of rotatable bonds is 1. The van der Waals surface area contributed by atoms with E-state index in [0.717, 1.165) is 23.9 Å². The van der Waals surface area contributed by atoms with Crippen LogP contribution in [0.3, 0.4) is 0 Å². The maximum absolute atomic E-state index is 12.6. The normalized spacial score (nSPS) is 26.3. The Morgan fingerprint density at radius 2 is 2.05 bits per heavy atom. The standard InChI is InChI=1S/C15H18BrNO2/c16-11-6-7-12(14(18)9-11)15(19)17-8-2-4-10-3-1-5-13(10)17/h6-7,9-10,13,18H,1-5,8H2. The van der Waals surface area contributed by atoms with Crippen LogP contribution in [0, 0.1) is 5.92 Å². The van der Waals surface area contributed by atoms with Crippen LogP contribution in [-0.2, 0) is 0 Å². The molecule has 1 aliphatic heterocycles. The maximum Gasteiger partial charge on any atom is 0.257 e. The van der Waals surface area contributed by atoms with Crippen molar-refractivity contribution in [2.24, 2.45) is 5.92 Å². The second-order valence-electron chi connectivity index (χ2n) is 5.56. The molecule has 2 aliphatic rings. The Labute approximate surface area is 121 Å². The molecule has 1 aromatic rings. The molecule has 1 heterocycles. The number of phenolic OH excluding ortho intramolecular Hbond substituents is 1. The largest absolute Gasteiger partial charge is 0.507 e. The Morgan fingerprint density at radius 1 is 1.26 bits per heavy atom. The first kappa shape index (κ1) is 13.0. The summed E-state index contributed by atoms with van der Waals surface area (Å²) in [5, 5.41) is 9.96. The zero-order valence-corrected chi connectivity index (χ0v) is 12.4. The summed E-state index contributed by atoms with van der Waals surface area (Å²) in [5.41, 5.74) is 0.427. The molecule has 2 atom stereocenters. The van der Waals surface area contributed by atoms with Crippen LogP contribution in [0.4, 0.5) is 0 Å². The molecule has 0 spiro atoms. The summed E-state index contributed by atoms with van der Waals surface area (Å²) in [5.74, 6) is 0.733. The van der Waals surface area contributed by atoms with Gasteiger partial charge in [-0.3, -0.25) is 4.79 Å². The van der Waals surface area contributed by atoms with Gasteiger partial charge in [0.25, 0.3) is 5.91 Å². The van der Waals surface area contributed by atoms with Crippen LogP contribution in [0.25, 0.3) is 0 Å². The lowest BCUT2D eigenvalue weighted by molar-refractivity contribution is 0.0545. The second-order valence-corrected chi connectivity index (χ2v) is 6.48. The van der Waals surface area contributed by atoms with E-state index in [1.54, 1.807) is 12.1 Å². The van der Waals surface area contributed by atoms with Gasteiger partial charge in [0, 0.05) is 17.1 Å². The Bertz CT molecular complexity index is 503. The third-order valence-electron chi connectivity index (χ3n) is 4.44. The molecular weight excluding hydrogens is 306 g/mol. The summed E-state index contributed by atoms with van der Waals surface area (Å²) >= 11 is 3.30. The number of amides is 1. The summed E-state index contributed by atoms with van der Waals surface area (Å²) in [6.45, 7) is 0.829. The van der Waals surface area contributed by atoms with E-state index in [4.69, 9.17) is 0 Å². The minimum atomic E-state index is -0.0124. The van der Waals surface area contributed by atoms with Gasteiger partial charge in [-0.15, -0.1) is 0 Å². The molecule has 1 aliphatic carbocycles. The zero-order chi connectivity index (χ0) is 13.4. The van der Waals surface area contributed by atoms with E-state index in [1.165, 1.54) is 19.3 Å². The number of aromatic hydroxyl groups is 1. The van der Waals surface area contributed by atoms with Crippen LogP contribution >= 0.6 is 15.9 Å². The van der Waals surface area contributed by atoms with E-state index in [1.807, 2.05) is 11.0 Å². The van der Waals surface area contributed by atoms with Crippen LogP contribution < -0.4 is 0 Å². The molecule has 1 N–H and O–H groups in total. The quantitative estimate of drug-likeness (QED) is 0.858. The first-order valence-corrected chi connectivity index (χ1v) is 7.75. The van der Waals surface area contributed by atoms with Crippen molar-refractivity contribution in [2.45, 2.75) is 38.1 Å². The number of hydrogen-bond donors (Lipinski definition) is 1. The predicted octanol–water partition coefficient (Wildman–Crippen LogP) is 3.56. The molecule has 3 rings (SSSR count). The van der Waals surface area contributed by atoms with E-state index in [0.29, 0.717) is 17.5 Å². The minimum Gasteiger partial charge on any atom is -0.507 e. The van der Waals surface area contributed by atoms with Gasteiger partial charge in [-0.05, 0) is 49.8 Å². The number of nitrogens with zero attached hydrogens (tertiary/aromatic N) is 1. The minimum absolute atomic E-state index is 0.0124. The molecule has 0 bridgehead atoms. The number of halogens is 1. The molecular formula is C15H18BrNO2. The number of hydrogen-bond acceptors (Lipinski definition) is 2. The van der Waals surface area contributed by atoms with Gasteiger partial charge in [0.2, 0.25) is 0 Å². The molecule has 102 valence electrons. The molecule has 3 nitrogen and oxygen atoms in total. The molecule has 1 aromatic carbocycles. The van der Waals surface area contributed by atoms with Gasteiger partial charge in [-0.25, -0.2) is 0 Å². The highest BCUT2D eigenvalue weighted by atomic mass is 79.9. The lowest BCUT2D eigenvalue weighted by atomic mass is 9.91. The van der Waals surface area contributed by atoms with Gasteiger partial charge in [0.05, 0.1) is 5.56 Å². The first-order chi connectivity index (χ1) is 9.16. The van der Waals surface area contributed by atoms with Crippen molar-refractivity contribution in [2.75, 3.05) is 6.54 Å². The van der Waals surface area contributed by atoms with E-state index in [-0.39, 0.29) is 11.7 Å². The summed E-state index contributed by atoms with van der Waals surface area (Å²) in [4.78, 5) is 14.6. The van der Waals surface area contributed by atoms with Gasteiger partial charge in [0.15, 0.2) is 0 Å². The summed E-state index contributed by atoms with van der Waals surface area (Å²) in [6, 6.07) is 5.50. The number of piperidine rings is 1. The van der Waals surface area contributed by atoms with E-state index >= 15 is 0 Å². The van der Waals surface area contributed by atoms with Crippen LogP contribution in [0.1, 0.15) is 42.5 Å². The fourth-order valence-electron chi connectivity index (χ4n) is 3.55. The van der Waals surface area contributed by atoms with Crippen LogP contribution in [0.15, 0.2) is 22.7 Å². The van der Waals surface area contributed by atoms with Crippen molar-refractivity contribution >= 4 is 21.8 Å². The molecule has 0 radical (unpaired) electrons. The fourth-order valence-corrected chi connectivity index (χ4v) is 3.90. The van der Waals surface area contributed by atoms with Crippen molar-refractivity contribution in [1.82, 2.24) is 4.90 Å². The number of carbonyl (C=O) groups excluding carboxylic acids is 1. The molecule has 2 unspecified atom stereocenters. The molecule has 4 heteroatoms. The van der Waals surface area contributed by atoms with E-state index in [2.05, 4.69) is 15.9 Å². The highest BCUT2D eigenvalue weighted by Gasteiger charge is 2.38. The molecule has 1 saturated carbocycles. The topological polar surface area (TPSA) is 40.5 Å². The Balaban J connectivity index is 1.86. The van der Waals surface area contributed by atoms with Crippen molar-refractivity contribution in [3.05, 3.63) is 28.2 Å². The van der Waals surface area contributed by atoms with Gasteiger partial charge >= 0.3 is 0 Å². The SMILES string of the molecule is O=C(c1ccc(Br)cc1O)N1CCCC2CCCC21. The summed E-state index contributed by atoms with van der Waals surface area (Å²) in [6.07, 6.45) is 5.94. The third kappa shape index (κ3) is 2.38. The fraction of sp³-hybridized carbons (Fsp3) is 0.533. The number of likely N-dealkylation sites (tertiary alicyclic amines) is 1. The van der Waals surface area contributed by atoms with Crippen molar-refractivity contribution < 1.29 is 9.90 Å². The number of carbonyl (C=O) groups is 1. The zero-order valence-electron chi connectivity index (χ0n) is 10.8. The van der Waals surface area contributed by atoms with E-state index < -0.39 is 0 Å².